The molecule has 0 saturated carbocycles. The molecule has 3 rings (SSSR count). The molecule has 0 spiro atoms. The van der Waals surface area contributed by atoms with Crippen molar-refractivity contribution in [1.82, 2.24) is 4.98 Å². The number of hydrogen-bond donors (Lipinski definition) is 1. The first kappa shape index (κ1) is 16.6. The predicted molar refractivity (Wildman–Crippen MR) is 96.2 cm³/mol. The standard InChI is InChI=1S/C19H12FN3OS/c20-16-8-6-14(7-9-16)17-12-25-19(22-17)23-18(24)15(11-21)10-13-4-2-1-3-5-13/h1-10,12H,(H,22,23,24). The summed E-state index contributed by atoms with van der Waals surface area (Å²) in [5, 5.41) is 14.0. The van der Waals surface area contributed by atoms with Gasteiger partial charge >= 0.3 is 0 Å². The van der Waals surface area contributed by atoms with E-state index in [1.807, 2.05) is 24.3 Å². The number of carbonyl (C=O) groups is 1. The van der Waals surface area contributed by atoms with Crippen molar-refractivity contribution in [3.63, 3.8) is 0 Å². The summed E-state index contributed by atoms with van der Waals surface area (Å²) in [7, 11) is 0. The lowest BCUT2D eigenvalue weighted by atomic mass is 10.1. The monoisotopic (exact) mass is 349 g/mol. The van der Waals surface area contributed by atoms with E-state index in [1.165, 1.54) is 29.5 Å². The van der Waals surface area contributed by atoms with Crippen molar-refractivity contribution >= 4 is 28.5 Å². The van der Waals surface area contributed by atoms with Crippen LogP contribution in [0.15, 0.2) is 65.6 Å². The van der Waals surface area contributed by atoms with Crippen molar-refractivity contribution in [1.29, 1.82) is 5.26 Å². The fraction of sp³-hybridized carbons (Fsp3) is 0. The van der Waals surface area contributed by atoms with Gasteiger partial charge in [0.1, 0.15) is 17.5 Å². The molecule has 1 aromatic heterocycles. The van der Waals surface area contributed by atoms with Gasteiger partial charge in [-0.15, -0.1) is 11.3 Å². The molecule has 4 nitrogen and oxygen atoms in total. The second kappa shape index (κ2) is 7.51. The van der Waals surface area contributed by atoms with Gasteiger partial charge in [0.2, 0.25) is 0 Å². The Morgan fingerprint density at radius 2 is 1.88 bits per heavy atom. The first-order valence-corrected chi connectivity index (χ1v) is 8.23. The molecule has 0 fully saturated rings. The number of benzene rings is 2. The van der Waals surface area contributed by atoms with Crippen LogP contribution in [0.4, 0.5) is 9.52 Å². The zero-order chi connectivity index (χ0) is 17.6. The van der Waals surface area contributed by atoms with Crippen LogP contribution in [0.25, 0.3) is 17.3 Å². The fourth-order valence-electron chi connectivity index (χ4n) is 2.11. The lowest BCUT2D eigenvalue weighted by Gasteiger charge is -2.00. The van der Waals surface area contributed by atoms with Crippen molar-refractivity contribution in [3.8, 4) is 17.3 Å². The van der Waals surface area contributed by atoms with Gasteiger partial charge in [-0.3, -0.25) is 10.1 Å². The first-order chi connectivity index (χ1) is 12.2. The number of amides is 1. The van der Waals surface area contributed by atoms with Crippen LogP contribution in [0, 0.1) is 17.1 Å². The van der Waals surface area contributed by atoms with Crippen LogP contribution in [0.5, 0.6) is 0 Å². The molecule has 0 aliphatic rings. The number of nitrogens with one attached hydrogen (secondary N) is 1. The third-order valence-electron chi connectivity index (χ3n) is 3.34. The van der Waals surface area contributed by atoms with Crippen molar-refractivity contribution in [2.75, 3.05) is 5.32 Å². The predicted octanol–water partition coefficient (Wildman–Crippen LogP) is 4.49. The van der Waals surface area contributed by atoms with Crippen LogP contribution in [-0.2, 0) is 4.79 Å². The molecule has 122 valence electrons. The van der Waals surface area contributed by atoms with Gasteiger partial charge in [0, 0.05) is 10.9 Å². The van der Waals surface area contributed by atoms with Gasteiger partial charge in [-0.2, -0.15) is 5.26 Å². The Bertz CT molecular complexity index is 956. The number of thiazole rings is 1. The van der Waals surface area contributed by atoms with Gasteiger partial charge in [-0.1, -0.05) is 30.3 Å². The molecule has 0 unspecified atom stereocenters. The smallest absolute Gasteiger partial charge is 0.268 e. The summed E-state index contributed by atoms with van der Waals surface area (Å²) < 4.78 is 13.0. The highest BCUT2D eigenvalue weighted by Gasteiger charge is 2.12. The lowest BCUT2D eigenvalue weighted by molar-refractivity contribution is -0.112. The maximum atomic E-state index is 13.0. The SMILES string of the molecule is N#CC(=Cc1ccccc1)C(=O)Nc1nc(-c2ccc(F)cc2)cs1. The maximum absolute atomic E-state index is 13.0. The van der Waals surface area contributed by atoms with E-state index in [0.29, 0.717) is 10.8 Å². The minimum Gasteiger partial charge on any atom is -0.297 e. The van der Waals surface area contributed by atoms with Crippen LogP contribution in [0.1, 0.15) is 5.56 Å². The third-order valence-corrected chi connectivity index (χ3v) is 4.10. The molecule has 1 amide bonds. The quantitative estimate of drug-likeness (QED) is 0.557. The Morgan fingerprint density at radius 3 is 2.56 bits per heavy atom. The molecule has 1 N–H and O–H groups in total. The highest BCUT2D eigenvalue weighted by atomic mass is 32.1. The highest BCUT2D eigenvalue weighted by molar-refractivity contribution is 7.14. The van der Waals surface area contributed by atoms with Crippen LogP contribution in [-0.4, -0.2) is 10.9 Å². The molecule has 0 radical (unpaired) electrons. The molecule has 6 heteroatoms. The molecule has 0 aliphatic carbocycles. The molecular weight excluding hydrogens is 337 g/mol. The minimum absolute atomic E-state index is 0.00951. The molecular formula is C19H12FN3OS. The van der Waals surface area contributed by atoms with Crippen LogP contribution >= 0.6 is 11.3 Å². The number of nitrogens with zero attached hydrogens (tertiary/aromatic N) is 2. The zero-order valence-electron chi connectivity index (χ0n) is 12.9. The molecule has 1 heterocycles. The number of anilines is 1. The van der Waals surface area contributed by atoms with Gasteiger partial charge in [0.25, 0.3) is 5.91 Å². The Kier molecular flexibility index (Phi) is 4.97. The van der Waals surface area contributed by atoms with E-state index >= 15 is 0 Å². The van der Waals surface area contributed by atoms with E-state index < -0.39 is 5.91 Å². The van der Waals surface area contributed by atoms with Gasteiger partial charge < -0.3 is 0 Å². The number of nitriles is 1. The van der Waals surface area contributed by atoms with Crippen molar-refractivity contribution in [2.45, 2.75) is 0 Å². The second-order valence-corrected chi connectivity index (χ2v) is 5.94. The maximum Gasteiger partial charge on any atom is 0.268 e. The number of hydrogen-bond acceptors (Lipinski definition) is 4. The number of carbonyl (C=O) groups excluding carboxylic acids is 1. The summed E-state index contributed by atoms with van der Waals surface area (Å²) in [6.07, 6.45) is 1.52. The van der Waals surface area contributed by atoms with E-state index in [0.717, 1.165) is 11.1 Å². The number of rotatable bonds is 4. The normalized spacial score (nSPS) is 11.0. The Morgan fingerprint density at radius 1 is 1.16 bits per heavy atom. The van der Waals surface area contributed by atoms with Crippen LogP contribution < -0.4 is 5.32 Å². The minimum atomic E-state index is -0.522. The Labute approximate surface area is 147 Å². The molecule has 25 heavy (non-hydrogen) atoms. The van der Waals surface area contributed by atoms with Crippen molar-refractivity contribution < 1.29 is 9.18 Å². The van der Waals surface area contributed by atoms with Gasteiger partial charge in [-0.25, -0.2) is 9.37 Å². The summed E-state index contributed by atoms with van der Waals surface area (Å²) in [5.41, 5.74) is 2.13. The lowest BCUT2D eigenvalue weighted by Crippen LogP contribution is -2.13. The fourth-order valence-corrected chi connectivity index (χ4v) is 2.83. The van der Waals surface area contributed by atoms with Crippen LogP contribution in [0.3, 0.4) is 0 Å². The van der Waals surface area contributed by atoms with E-state index in [9.17, 15) is 14.4 Å². The molecule has 3 aromatic rings. The van der Waals surface area contributed by atoms with E-state index in [1.54, 1.807) is 29.6 Å². The Balaban J connectivity index is 1.76. The number of halogens is 1. The average molecular weight is 349 g/mol. The van der Waals surface area contributed by atoms with Gasteiger partial charge in [0.15, 0.2) is 5.13 Å². The van der Waals surface area contributed by atoms with Gasteiger partial charge in [-0.05, 0) is 35.9 Å². The van der Waals surface area contributed by atoms with Gasteiger partial charge in [0.05, 0.1) is 5.69 Å². The highest BCUT2D eigenvalue weighted by Crippen LogP contribution is 2.25. The second-order valence-electron chi connectivity index (χ2n) is 5.08. The van der Waals surface area contributed by atoms with E-state index in [-0.39, 0.29) is 11.4 Å². The zero-order valence-corrected chi connectivity index (χ0v) is 13.8. The molecule has 2 aromatic carbocycles. The van der Waals surface area contributed by atoms with Crippen LogP contribution in [0.2, 0.25) is 0 Å². The largest absolute Gasteiger partial charge is 0.297 e. The van der Waals surface area contributed by atoms with E-state index in [4.69, 9.17) is 0 Å². The summed E-state index contributed by atoms with van der Waals surface area (Å²) in [5.74, 6) is -0.844. The Hall–Kier alpha value is -3.30. The van der Waals surface area contributed by atoms with Crippen molar-refractivity contribution in [3.05, 3.63) is 76.9 Å². The molecule has 0 saturated heterocycles. The summed E-state index contributed by atoms with van der Waals surface area (Å²) in [6, 6.07) is 17.0. The number of aromatic nitrogens is 1. The van der Waals surface area contributed by atoms with E-state index in [2.05, 4.69) is 10.3 Å². The average Bonchev–Trinajstić information content (AvgIpc) is 3.09. The first-order valence-electron chi connectivity index (χ1n) is 7.35. The third kappa shape index (κ3) is 4.16. The summed E-state index contributed by atoms with van der Waals surface area (Å²) in [4.78, 5) is 16.6. The topological polar surface area (TPSA) is 65.8 Å². The summed E-state index contributed by atoms with van der Waals surface area (Å²) >= 11 is 1.24. The van der Waals surface area contributed by atoms with Crippen molar-refractivity contribution in [2.24, 2.45) is 0 Å². The molecule has 0 aliphatic heterocycles. The molecule has 0 bridgehead atoms. The summed E-state index contributed by atoms with van der Waals surface area (Å²) in [6.45, 7) is 0. The molecule has 0 atom stereocenters.